The van der Waals surface area contributed by atoms with E-state index in [2.05, 4.69) is 15.1 Å². The Labute approximate surface area is 126 Å². The first-order valence-electron chi connectivity index (χ1n) is 6.27. The highest BCUT2D eigenvalue weighted by molar-refractivity contribution is 6.30. The van der Waals surface area contributed by atoms with Crippen molar-refractivity contribution in [2.45, 2.75) is 0 Å². The first-order valence-corrected chi connectivity index (χ1v) is 6.65. The van der Waals surface area contributed by atoms with Crippen LogP contribution in [-0.4, -0.2) is 20.9 Å². The third-order valence-corrected chi connectivity index (χ3v) is 3.12. The van der Waals surface area contributed by atoms with Crippen molar-refractivity contribution in [3.05, 3.63) is 65.6 Å². The second-order valence-corrected chi connectivity index (χ2v) is 4.80. The molecule has 0 atom stereocenters. The average Bonchev–Trinajstić information content (AvgIpc) is 2.89. The van der Waals surface area contributed by atoms with E-state index >= 15 is 0 Å². The molecule has 0 aliphatic carbocycles. The van der Waals surface area contributed by atoms with Gasteiger partial charge in [-0.3, -0.25) is 4.98 Å². The van der Waals surface area contributed by atoms with Gasteiger partial charge in [-0.15, -0.1) is 0 Å². The van der Waals surface area contributed by atoms with Crippen LogP contribution in [0.4, 0.5) is 5.95 Å². The fourth-order valence-electron chi connectivity index (χ4n) is 1.81. The fraction of sp³-hybridized carbons (Fsp3) is 0. The monoisotopic (exact) mass is 297 g/mol. The van der Waals surface area contributed by atoms with Gasteiger partial charge < -0.3 is 5.73 Å². The van der Waals surface area contributed by atoms with Gasteiger partial charge in [0, 0.05) is 23.0 Å². The van der Waals surface area contributed by atoms with Crippen molar-refractivity contribution in [1.82, 2.24) is 14.6 Å². The van der Waals surface area contributed by atoms with Crippen LogP contribution in [-0.2, 0) is 0 Å². The molecule has 2 heterocycles. The highest BCUT2D eigenvalue weighted by atomic mass is 35.5. The maximum absolute atomic E-state index is 5.86. The topological polar surface area (TPSA) is 69.1 Å². The maximum atomic E-state index is 5.86. The van der Waals surface area contributed by atoms with Crippen molar-refractivity contribution < 1.29 is 0 Å². The standard InChI is InChI=1S/C15H12ClN5/c16-13-5-3-11(4-6-13)8-19-21-10-14(20-15(21)17)12-2-1-7-18-9-12/h1-10H,(H2,17,20)/b19-8+. The maximum Gasteiger partial charge on any atom is 0.221 e. The van der Waals surface area contributed by atoms with Crippen molar-refractivity contribution in [2.75, 3.05) is 5.73 Å². The summed E-state index contributed by atoms with van der Waals surface area (Å²) >= 11 is 5.84. The molecule has 1 aromatic carbocycles. The predicted octanol–water partition coefficient (Wildman–Crippen LogP) is 3.06. The van der Waals surface area contributed by atoms with Gasteiger partial charge in [0.2, 0.25) is 5.95 Å². The highest BCUT2D eigenvalue weighted by Gasteiger charge is 2.05. The second kappa shape index (κ2) is 5.76. The number of hydrogen-bond acceptors (Lipinski definition) is 4. The summed E-state index contributed by atoms with van der Waals surface area (Å²) < 4.78 is 1.52. The Kier molecular flexibility index (Phi) is 3.66. The molecule has 0 spiro atoms. The molecule has 2 N–H and O–H groups in total. The zero-order valence-electron chi connectivity index (χ0n) is 11.0. The summed E-state index contributed by atoms with van der Waals surface area (Å²) in [6.45, 7) is 0. The number of hydrogen-bond donors (Lipinski definition) is 1. The molecular weight excluding hydrogens is 286 g/mol. The molecule has 0 radical (unpaired) electrons. The molecule has 5 nitrogen and oxygen atoms in total. The van der Waals surface area contributed by atoms with Crippen LogP contribution in [0.5, 0.6) is 0 Å². The summed E-state index contributed by atoms with van der Waals surface area (Å²) in [6.07, 6.45) is 6.90. The molecule has 0 unspecified atom stereocenters. The SMILES string of the molecule is Nc1nc(-c2cccnc2)cn1/N=C/c1ccc(Cl)cc1. The van der Waals surface area contributed by atoms with Crippen LogP contribution in [0.15, 0.2) is 60.1 Å². The molecule has 0 bridgehead atoms. The van der Waals surface area contributed by atoms with Crippen molar-refractivity contribution in [2.24, 2.45) is 5.10 Å². The van der Waals surface area contributed by atoms with E-state index in [1.54, 1.807) is 36.9 Å². The second-order valence-electron chi connectivity index (χ2n) is 4.37. The van der Waals surface area contributed by atoms with Gasteiger partial charge in [0.15, 0.2) is 0 Å². The number of rotatable bonds is 3. The molecule has 0 aliphatic rings. The summed E-state index contributed by atoms with van der Waals surface area (Å²) in [4.78, 5) is 8.33. The molecule has 104 valence electrons. The number of imidazole rings is 1. The van der Waals surface area contributed by atoms with Crippen LogP contribution in [0.1, 0.15) is 5.56 Å². The number of benzene rings is 1. The lowest BCUT2D eigenvalue weighted by Gasteiger charge is -1.96. The minimum atomic E-state index is 0.319. The van der Waals surface area contributed by atoms with Crippen LogP contribution < -0.4 is 5.73 Å². The quantitative estimate of drug-likeness (QED) is 0.755. The first kappa shape index (κ1) is 13.3. The minimum Gasteiger partial charge on any atom is -0.368 e. The van der Waals surface area contributed by atoms with Gasteiger partial charge in [0.05, 0.1) is 18.1 Å². The Morgan fingerprint density at radius 1 is 1.19 bits per heavy atom. The van der Waals surface area contributed by atoms with Crippen LogP contribution in [0, 0.1) is 0 Å². The van der Waals surface area contributed by atoms with E-state index in [9.17, 15) is 0 Å². The molecular formula is C15H12ClN5. The first-order chi connectivity index (χ1) is 10.2. The predicted molar refractivity (Wildman–Crippen MR) is 84.3 cm³/mol. The van der Waals surface area contributed by atoms with E-state index in [0.29, 0.717) is 11.0 Å². The summed E-state index contributed by atoms with van der Waals surface area (Å²) in [5, 5.41) is 4.98. The van der Waals surface area contributed by atoms with Gasteiger partial charge >= 0.3 is 0 Å². The number of halogens is 1. The minimum absolute atomic E-state index is 0.319. The number of nitrogens with zero attached hydrogens (tertiary/aromatic N) is 4. The summed E-state index contributed by atoms with van der Waals surface area (Å²) in [6, 6.07) is 11.1. The van der Waals surface area contributed by atoms with Crippen molar-refractivity contribution in [3.63, 3.8) is 0 Å². The number of nitrogen functional groups attached to an aromatic ring is 1. The van der Waals surface area contributed by atoms with Crippen LogP contribution in [0.2, 0.25) is 5.02 Å². The molecule has 21 heavy (non-hydrogen) atoms. The molecule has 3 rings (SSSR count). The van der Waals surface area contributed by atoms with E-state index in [-0.39, 0.29) is 0 Å². The Morgan fingerprint density at radius 2 is 2.00 bits per heavy atom. The molecule has 2 aromatic heterocycles. The Balaban J connectivity index is 1.86. The highest BCUT2D eigenvalue weighted by Crippen LogP contribution is 2.18. The zero-order valence-corrected chi connectivity index (χ0v) is 11.8. The summed E-state index contributed by atoms with van der Waals surface area (Å²) in [5.41, 5.74) is 8.41. The van der Waals surface area contributed by atoms with Crippen molar-refractivity contribution in [1.29, 1.82) is 0 Å². The van der Waals surface area contributed by atoms with Crippen LogP contribution >= 0.6 is 11.6 Å². The number of aromatic nitrogens is 3. The third kappa shape index (κ3) is 3.09. The number of pyridine rings is 1. The Bertz CT molecular complexity index is 763. The Morgan fingerprint density at radius 3 is 2.71 bits per heavy atom. The third-order valence-electron chi connectivity index (χ3n) is 2.87. The number of anilines is 1. The lowest BCUT2D eigenvalue weighted by molar-refractivity contribution is 0.898. The average molecular weight is 298 g/mol. The summed E-state index contributed by atoms with van der Waals surface area (Å²) in [7, 11) is 0. The largest absolute Gasteiger partial charge is 0.368 e. The van der Waals surface area contributed by atoms with Gasteiger partial charge in [0.1, 0.15) is 0 Å². The van der Waals surface area contributed by atoms with E-state index in [0.717, 1.165) is 16.8 Å². The molecule has 0 aliphatic heterocycles. The molecule has 0 saturated heterocycles. The molecule has 0 saturated carbocycles. The van der Waals surface area contributed by atoms with Crippen LogP contribution in [0.3, 0.4) is 0 Å². The summed E-state index contributed by atoms with van der Waals surface area (Å²) in [5.74, 6) is 0.319. The zero-order chi connectivity index (χ0) is 14.7. The van der Waals surface area contributed by atoms with Gasteiger partial charge in [0.25, 0.3) is 0 Å². The lowest BCUT2D eigenvalue weighted by atomic mass is 10.2. The van der Waals surface area contributed by atoms with Gasteiger partial charge in [-0.25, -0.2) is 9.66 Å². The fourth-order valence-corrected chi connectivity index (χ4v) is 1.94. The van der Waals surface area contributed by atoms with E-state index in [1.165, 1.54) is 4.68 Å². The normalized spacial score (nSPS) is 11.1. The Hall–Kier alpha value is -2.66. The van der Waals surface area contributed by atoms with E-state index in [1.807, 2.05) is 24.3 Å². The van der Waals surface area contributed by atoms with Crippen LogP contribution in [0.25, 0.3) is 11.3 Å². The molecule has 6 heteroatoms. The van der Waals surface area contributed by atoms with Gasteiger partial charge in [-0.05, 0) is 29.8 Å². The molecule has 0 amide bonds. The van der Waals surface area contributed by atoms with Gasteiger partial charge in [-0.1, -0.05) is 23.7 Å². The molecule has 3 aromatic rings. The lowest BCUT2D eigenvalue weighted by Crippen LogP contribution is -1.96. The molecule has 0 fully saturated rings. The van der Waals surface area contributed by atoms with Gasteiger partial charge in [-0.2, -0.15) is 5.10 Å². The van der Waals surface area contributed by atoms with E-state index in [4.69, 9.17) is 17.3 Å². The number of nitrogens with two attached hydrogens (primary N) is 1. The smallest absolute Gasteiger partial charge is 0.221 e. The van der Waals surface area contributed by atoms with Crippen molar-refractivity contribution >= 4 is 23.8 Å². The van der Waals surface area contributed by atoms with Crippen molar-refractivity contribution in [3.8, 4) is 11.3 Å². The van der Waals surface area contributed by atoms with E-state index < -0.39 is 0 Å².